The lowest BCUT2D eigenvalue weighted by molar-refractivity contribution is 0.601. The molecule has 5 heteroatoms. The van der Waals surface area contributed by atoms with E-state index >= 15 is 0 Å². The van der Waals surface area contributed by atoms with Crippen LogP contribution in [-0.4, -0.2) is 11.0 Å². The Morgan fingerprint density at radius 1 is 1.30 bits per heavy atom. The molecule has 1 atom stereocenters. The minimum absolute atomic E-state index is 0.0195. The third-order valence-electron chi connectivity index (χ3n) is 3.02. The second kappa shape index (κ2) is 6.42. The summed E-state index contributed by atoms with van der Waals surface area (Å²) in [5.41, 5.74) is 2.32. The molecule has 1 aromatic heterocycles. The van der Waals surface area contributed by atoms with Gasteiger partial charge in [-0.1, -0.05) is 41.4 Å². The Kier molecular flexibility index (Phi) is 4.84. The zero-order valence-electron chi connectivity index (χ0n) is 11.3. The van der Waals surface area contributed by atoms with Crippen LogP contribution in [0.15, 0.2) is 30.3 Å². The van der Waals surface area contributed by atoms with Crippen molar-refractivity contribution in [1.29, 1.82) is 0 Å². The van der Waals surface area contributed by atoms with Crippen LogP contribution in [-0.2, 0) is 6.42 Å². The van der Waals surface area contributed by atoms with Gasteiger partial charge in [0.1, 0.15) is 11.0 Å². The van der Waals surface area contributed by atoms with Crippen molar-refractivity contribution >= 4 is 28.9 Å². The van der Waals surface area contributed by atoms with Crippen molar-refractivity contribution in [1.82, 2.24) is 4.98 Å². The highest BCUT2D eigenvalue weighted by Crippen LogP contribution is 2.27. The van der Waals surface area contributed by atoms with Gasteiger partial charge in [-0.05, 0) is 43.5 Å². The minimum atomic E-state index is -0.196. The third kappa shape index (κ3) is 3.62. The van der Waals surface area contributed by atoms with E-state index < -0.39 is 0 Å². The van der Waals surface area contributed by atoms with Crippen LogP contribution in [0.3, 0.4) is 0 Å². The Bertz CT molecular complexity index is 594. The normalized spacial score (nSPS) is 12.2. The average Bonchev–Trinajstić information content (AvgIpc) is 2.36. The molecule has 20 heavy (non-hydrogen) atoms. The summed E-state index contributed by atoms with van der Waals surface area (Å²) in [6.07, 6.45) is 0.561. The van der Waals surface area contributed by atoms with Crippen molar-refractivity contribution in [2.75, 3.05) is 5.32 Å². The molecule has 1 aromatic carbocycles. The van der Waals surface area contributed by atoms with Crippen molar-refractivity contribution in [3.8, 4) is 0 Å². The quantitative estimate of drug-likeness (QED) is 0.814. The maximum absolute atomic E-state index is 13.6. The SMILES string of the molecule is Cc1cc(Cl)nc(Cl)c1NC(C)Cc1ccccc1F. The molecule has 1 unspecified atom stereocenters. The fourth-order valence-electron chi connectivity index (χ4n) is 2.06. The van der Waals surface area contributed by atoms with E-state index in [0.29, 0.717) is 22.3 Å². The van der Waals surface area contributed by atoms with Gasteiger partial charge in [0.05, 0.1) is 5.69 Å². The van der Waals surface area contributed by atoms with Crippen molar-refractivity contribution in [3.05, 3.63) is 57.6 Å². The summed E-state index contributed by atoms with van der Waals surface area (Å²) in [4.78, 5) is 4.01. The molecule has 2 aromatic rings. The molecule has 0 aliphatic heterocycles. The van der Waals surface area contributed by atoms with E-state index in [0.717, 1.165) is 11.3 Å². The van der Waals surface area contributed by atoms with Crippen LogP contribution in [0.1, 0.15) is 18.1 Å². The van der Waals surface area contributed by atoms with Gasteiger partial charge in [-0.15, -0.1) is 0 Å². The first kappa shape index (κ1) is 15.1. The van der Waals surface area contributed by atoms with Crippen LogP contribution in [0, 0.1) is 12.7 Å². The van der Waals surface area contributed by atoms with Gasteiger partial charge in [-0.25, -0.2) is 9.37 Å². The molecule has 1 heterocycles. The number of rotatable bonds is 4. The molecule has 0 saturated heterocycles. The summed E-state index contributed by atoms with van der Waals surface area (Å²) in [6.45, 7) is 3.87. The predicted molar refractivity (Wildman–Crippen MR) is 82.2 cm³/mol. The first-order chi connectivity index (χ1) is 9.47. The van der Waals surface area contributed by atoms with Crippen LogP contribution < -0.4 is 5.32 Å². The second-order valence-corrected chi connectivity index (χ2v) is 5.51. The fourth-order valence-corrected chi connectivity index (χ4v) is 2.65. The Morgan fingerprint density at radius 3 is 2.65 bits per heavy atom. The highest BCUT2D eigenvalue weighted by molar-refractivity contribution is 6.34. The third-order valence-corrected chi connectivity index (χ3v) is 3.48. The monoisotopic (exact) mass is 312 g/mol. The maximum Gasteiger partial charge on any atom is 0.154 e. The molecule has 0 spiro atoms. The topological polar surface area (TPSA) is 24.9 Å². The lowest BCUT2D eigenvalue weighted by Crippen LogP contribution is -2.20. The number of aromatic nitrogens is 1. The minimum Gasteiger partial charge on any atom is -0.380 e. The number of nitrogens with one attached hydrogen (secondary N) is 1. The van der Waals surface area contributed by atoms with Gasteiger partial charge in [-0.3, -0.25) is 0 Å². The summed E-state index contributed by atoms with van der Waals surface area (Å²) in [7, 11) is 0. The number of anilines is 1. The van der Waals surface area contributed by atoms with Crippen molar-refractivity contribution in [3.63, 3.8) is 0 Å². The van der Waals surface area contributed by atoms with Crippen LogP contribution in [0.4, 0.5) is 10.1 Å². The molecular weight excluding hydrogens is 298 g/mol. The van der Waals surface area contributed by atoms with Crippen LogP contribution in [0.2, 0.25) is 10.3 Å². The Labute approximate surface area is 127 Å². The van der Waals surface area contributed by atoms with Gasteiger partial charge < -0.3 is 5.32 Å². The molecule has 2 nitrogen and oxygen atoms in total. The molecule has 0 bridgehead atoms. The van der Waals surface area contributed by atoms with Crippen molar-refractivity contribution < 1.29 is 4.39 Å². The molecule has 0 radical (unpaired) electrons. The van der Waals surface area contributed by atoms with Gasteiger partial charge in [0.2, 0.25) is 0 Å². The van der Waals surface area contributed by atoms with Gasteiger partial charge in [0.15, 0.2) is 5.15 Å². The van der Waals surface area contributed by atoms with Gasteiger partial charge in [0, 0.05) is 6.04 Å². The lowest BCUT2D eigenvalue weighted by atomic mass is 10.1. The average molecular weight is 313 g/mol. The van der Waals surface area contributed by atoms with E-state index in [1.54, 1.807) is 18.2 Å². The largest absolute Gasteiger partial charge is 0.380 e. The molecular formula is C15H15Cl2FN2. The van der Waals surface area contributed by atoms with E-state index in [2.05, 4.69) is 10.3 Å². The number of benzene rings is 1. The van der Waals surface area contributed by atoms with E-state index in [9.17, 15) is 4.39 Å². The summed E-state index contributed by atoms with van der Waals surface area (Å²) in [6, 6.07) is 8.51. The summed E-state index contributed by atoms with van der Waals surface area (Å²) < 4.78 is 13.6. The lowest BCUT2D eigenvalue weighted by Gasteiger charge is -2.18. The predicted octanol–water partition coefficient (Wildman–Crippen LogP) is 4.88. The van der Waals surface area contributed by atoms with Gasteiger partial charge in [0.25, 0.3) is 0 Å². The van der Waals surface area contributed by atoms with Crippen molar-refractivity contribution in [2.45, 2.75) is 26.3 Å². The molecule has 1 N–H and O–H groups in total. The molecule has 0 aliphatic carbocycles. The number of aryl methyl sites for hydroxylation is 1. The van der Waals surface area contributed by atoms with Crippen LogP contribution in [0.5, 0.6) is 0 Å². The number of pyridine rings is 1. The van der Waals surface area contributed by atoms with E-state index in [1.165, 1.54) is 6.07 Å². The van der Waals surface area contributed by atoms with E-state index in [1.807, 2.05) is 19.9 Å². The highest BCUT2D eigenvalue weighted by Gasteiger charge is 2.12. The second-order valence-electron chi connectivity index (χ2n) is 4.77. The Hall–Kier alpha value is -1.32. The highest BCUT2D eigenvalue weighted by atomic mass is 35.5. The molecule has 106 valence electrons. The summed E-state index contributed by atoms with van der Waals surface area (Å²) in [5.74, 6) is -0.196. The van der Waals surface area contributed by atoms with Crippen LogP contribution >= 0.6 is 23.2 Å². The van der Waals surface area contributed by atoms with Crippen LogP contribution in [0.25, 0.3) is 0 Å². The van der Waals surface area contributed by atoms with Gasteiger partial charge >= 0.3 is 0 Å². The zero-order valence-corrected chi connectivity index (χ0v) is 12.8. The maximum atomic E-state index is 13.6. The first-order valence-corrected chi connectivity index (χ1v) is 7.05. The standard InChI is InChI=1S/C15H15Cl2FN2/c1-9-7-13(16)20-15(17)14(9)19-10(2)8-11-5-3-4-6-12(11)18/h3-7,10,19H,8H2,1-2H3. The van der Waals surface area contributed by atoms with Gasteiger partial charge in [-0.2, -0.15) is 0 Å². The van der Waals surface area contributed by atoms with E-state index in [4.69, 9.17) is 23.2 Å². The van der Waals surface area contributed by atoms with E-state index in [-0.39, 0.29) is 11.9 Å². The number of hydrogen-bond donors (Lipinski definition) is 1. The first-order valence-electron chi connectivity index (χ1n) is 6.30. The fraction of sp³-hybridized carbons (Fsp3) is 0.267. The summed E-state index contributed by atoms with van der Waals surface area (Å²) in [5, 5.41) is 3.95. The molecule has 2 rings (SSSR count). The molecule has 0 amide bonds. The molecule has 0 fully saturated rings. The number of hydrogen-bond acceptors (Lipinski definition) is 2. The molecule has 0 aliphatic rings. The zero-order chi connectivity index (χ0) is 14.7. The number of halogens is 3. The Balaban J connectivity index is 2.13. The molecule has 0 saturated carbocycles. The summed E-state index contributed by atoms with van der Waals surface area (Å²) >= 11 is 11.9. The number of nitrogens with zero attached hydrogens (tertiary/aromatic N) is 1. The Morgan fingerprint density at radius 2 is 2.00 bits per heavy atom. The smallest absolute Gasteiger partial charge is 0.154 e. The van der Waals surface area contributed by atoms with Crippen molar-refractivity contribution in [2.24, 2.45) is 0 Å².